The Morgan fingerprint density at radius 2 is 2.07 bits per heavy atom. The largest absolute Gasteiger partial charge is 0.495 e. The van der Waals surface area contributed by atoms with Gasteiger partial charge in [-0.05, 0) is 36.5 Å². The van der Waals surface area contributed by atoms with Gasteiger partial charge in [-0.1, -0.05) is 6.07 Å². The molecule has 1 heterocycles. The topological polar surface area (TPSA) is 111 Å². The van der Waals surface area contributed by atoms with Crippen LogP contribution in [0.25, 0.3) is 0 Å². The first kappa shape index (κ1) is 20.1. The lowest BCUT2D eigenvalue weighted by Gasteiger charge is -2.26. The van der Waals surface area contributed by atoms with Crippen molar-refractivity contribution in [3.8, 4) is 5.75 Å². The summed E-state index contributed by atoms with van der Waals surface area (Å²) in [5.74, 6) is 0.601. The Morgan fingerprint density at radius 1 is 1.37 bits per heavy atom. The summed E-state index contributed by atoms with van der Waals surface area (Å²) in [5.41, 5.74) is 6.61. The van der Waals surface area contributed by atoms with Crippen LogP contribution in [0.2, 0.25) is 0 Å². The van der Waals surface area contributed by atoms with Crippen molar-refractivity contribution in [2.24, 2.45) is 11.7 Å². The minimum Gasteiger partial charge on any atom is -0.495 e. The van der Waals surface area contributed by atoms with Gasteiger partial charge in [-0.3, -0.25) is 4.79 Å². The molecule has 0 spiro atoms. The molecule has 3 rings (SSSR count). The van der Waals surface area contributed by atoms with Gasteiger partial charge in [-0.2, -0.15) is 4.31 Å². The van der Waals surface area contributed by atoms with Gasteiger partial charge in [0.2, 0.25) is 15.9 Å². The zero-order chi connectivity index (χ0) is 19.4. The van der Waals surface area contributed by atoms with Gasteiger partial charge in [0, 0.05) is 25.7 Å². The van der Waals surface area contributed by atoms with Gasteiger partial charge in [-0.15, -0.1) is 0 Å². The Hall–Kier alpha value is -1.68. The van der Waals surface area contributed by atoms with E-state index >= 15 is 0 Å². The molecular formula is C18H27N3O5S. The maximum Gasteiger partial charge on any atom is 0.246 e. The number of carbonyl (C=O) groups is 1. The first-order valence-corrected chi connectivity index (χ1v) is 10.6. The van der Waals surface area contributed by atoms with Crippen LogP contribution in [0.15, 0.2) is 23.1 Å². The molecule has 0 bridgehead atoms. The number of nitrogens with two attached hydrogens (primary N) is 1. The van der Waals surface area contributed by atoms with Crippen LogP contribution >= 0.6 is 0 Å². The number of morpholine rings is 1. The van der Waals surface area contributed by atoms with Crippen molar-refractivity contribution in [1.82, 2.24) is 9.62 Å². The van der Waals surface area contributed by atoms with Crippen LogP contribution in [-0.4, -0.2) is 64.6 Å². The lowest BCUT2D eigenvalue weighted by Crippen LogP contribution is -2.40. The summed E-state index contributed by atoms with van der Waals surface area (Å²) < 4.78 is 37.8. The summed E-state index contributed by atoms with van der Waals surface area (Å²) in [6.07, 6.45) is 2.34. The maximum atomic E-state index is 13.0. The number of sulfonamides is 1. The van der Waals surface area contributed by atoms with Gasteiger partial charge in [0.1, 0.15) is 10.6 Å². The molecule has 1 amide bonds. The zero-order valence-corrected chi connectivity index (χ0v) is 16.3. The first-order chi connectivity index (χ1) is 12.9. The minimum absolute atomic E-state index is 0.0120. The third-order valence-electron chi connectivity index (χ3n) is 4.94. The Kier molecular flexibility index (Phi) is 6.36. The average molecular weight is 397 g/mol. The second-order valence-electron chi connectivity index (χ2n) is 6.98. The highest BCUT2D eigenvalue weighted by Crippen LogP contribution is 2.31. The van der Waals surface area contributed by atoms with E-state index in [0.717, 1.165) is 12.8 Å². The van der Waals surface area contributed by atoms with Crippen molar-refractivity contribution in [3.63, 3.8) is 0 Å². The number of rotatable bonds is 8. The second-order valence-corrected chi connectivity index (χ2v) is 8.89. The number of methoxy groups -OCH3 is 1. The number of benzene rings is 1. The number of nitrogens with one attached hydrogen (secondary N) is 1. The quantitative estimate of drug-likeness (QED) is 0.644. The molecule has 1 atom stereocenters. The fourth-order valence-electron chi connectivity index (χ4n) is 3.13. The van der Waals surface area contributed by atoms with Crippen molar-refractivity contribution >= 4 is 15.9 Å². The first-order valence-electron chi connectivity index (χ1n) is 9.19. The summed E-state index contributed by atoms with van der Waals surface area (Å²) >= 11 is 0. The molecule has 27 heavy (non-hydrogen) atoms. The third kappa shape index (κ3) is 4.98. The molecule has 1 aliphatic carbocycles. The molecule has 1 saturated carbocycles. The van der Waals surface area contributed by atoms with Crippen LogP contribution in [0.4, 0.5) is 0 Å². The number of amides is 1. The van der Waals surface area contributed by atoms with E-state index in [0.29, 0.717) is 44.3 Å². The van der Waals surface area contributed by atoms with E-state index in [9.17, 15) is 13.2 Å². The van der Waals surface area contributed by atoms with Gasteiger partial charge in [-0.25, -0.2) is 8.42 Å². The van der Waals surface area contributed by atoms with E-state index in [4.69, 9.17) is 15.2 Å². The van der Waals surface area contributed by atoms with Crippen molar-refractivity contribution < 1.29 is 22.7 Å². The van der Waals surface area contributed by atoms with Crippen molar-refractivity contribution in [3.05, 3.63) is 23.8 Å². The molecule has 1 aliphatic heterocycles. The fraction of sp³-hybridized carbons (Fsp3) is 0.611. The highest BCUT2D eigenvalue weighted by Gasteiger charge is 2.30. The second kappa shape index (κ2) is 8.55. The fourth-order valence-corrected chi connectivity index (χ4v) is 4.74. The van der Waals surface area contributed by atoms with Gasteiger partial charge in [0.25, 0.3) is 0 Å². The van der Waals surface area contributed by atoms with E-state index in [1.165, 1.54) is 17.5 Å². The Morgan fingerprint density at radius 3 is 2.70 bits per heavy atom. The molecule has 1 saturated heterocycles. The number of nitrogens with zero attached hydrogens (tertiary/aromatic N) is 1. The van der Waals surface area contributed by atoms with E-state index in [1.54, 1.807) is 12.1 Å². The normalized spacial score (nSPS) is 19.5. The highest BCUT2D eigenvalue weighted by molar-refractivity contribution is 7.89. The molecule has 0 aromatic heterocycles. The molecule has 2 aliphatic rings. The van der Waals surface area contributed by atoms with Crippen molar-refractivity contribution in [1.29, 1.82) is 0 Å². The van der Waals surface area contributed by atoms with Crippen LogP contribution in [-0.2, 0) is 26.0 Å². The lowest BCUT2D eigenvalue weighted by atomic mass is 10.1. The summed E-state index contributed by atoms with van der Waals surface area (Å²) in [5, 5.41) is 2.83. The predicted molar refractivity (Wildman–Crippen MR) is 100.0 cm³/mol. The van der Waals surface area contributed by atoms with Crippen LogP contribution in [0.3, 0.4) is 0 Å². The molecule has 3 N–H and O–H groups in total. The number of carbonyl (C=O) groups excluding carboxylic acids is 1. The standard InChI is InChI=1S/C18H27N3O5S/c1-25-16-5-2-13(11-18(22)20-12-15(19)14-3-4-14)10-17(16)27(23,24)21-6-8-26-9-7-21/h2,5,10,14-15H,3-4,6-9,11-12,19H2,1H3,(H,20,22). The zero-order valence-electron chi connectivity index (χ0n) is 15.5. The minimum atomic E-state index is -3.72. The lowest BCUT2D eigenvalue weighted by molar-refractivity contribution is -0.120. The molecule has 0 radical (unpaired) electrons. The number of hydrogen-bond donors (Lipinski definition) is 2. The van der Waals surface area contributed by atoms with E-state index in [1.807, 2.05) is 0 Å². The smallest absolute Gasteiger partial charge is 0.246 e. The molecular weight excluding hydrogens is 370 g/mol. The SMILES string of the molecule is COc1ccc(CC(=O)NCC(N)C2CC2)cc1S(=O)(=O)N1CCOCC1. The van der Waals surface area contributed by atoms with Crippen molar-refractivity contribution in [2.45, 2.75) is 30.2 Å². The van der Waals surface area contributed by atoms with E-state index in [2.05, 4.69) is 5.32 Å². The molecule has 1 unspecified atom stereocenters. The van der Waals surface area contributed by atoms with E-state index < -0.39 is 10.0 Å². The summed E-state index contributed by atoms with van der Waals surface area (Å²) in [4.78, 5) is 12.3. The van der Waals surface area contributed by atoms with Crippen LogP contribution in [0.5, 0.6) is 5.75 Å². The molecule has 1 aromatic rings. The van der Waals surface area contributed by atoms with Crippen molar-refractivity contribution in [2.75, 3.05) is 40.0 Å². The van der Waals surface area contributed by atoms with Gasteiger partial charge in [0.15, 0.2) is 0 Å². The molecule has 150 valence electrons. The predicted octanol–water partition coefficient (Wildman–Crippen LogP) is 0.112. The van der Waals surface area contributed by atoms with Crippen LogP contribution in [0.1, 0.15) is 18.4 Å². The summed E-state index contributed by atoms with van der Waals surface area (Å²) in [7, 11) is -2.29. The molecule has 2 fully saturated rings. The molecule has 1 aromatic carbocycles. The number of hydrogen-bond acceptors (Lipinski definition) is 6. The average Bonchev–Trinajstić information content (AvgIpc) is 3.52. The van der Waals surface area contributed by atoms with Crippen LogP contribution < -0.4 is 15.8 Å². The third-order valence-corrected chi connectivity index (χ3v) is 6.86. The monoisotopic (exact) mass is 397 g/mol. The summed E-state index contributed by atoms with van der Waals surface area (Å²) in [6, 6.07) is 4.80. The molecule has 9 heteroatoms. The Balaban J connectivity index is 1.71. The van der Waals surface area contributed by atoms with Gasteiger partial charge in [0.05, 0.1) is 26.7 Å². The highest BCUT2D eigenvalue weighted by atomic mass is 32.2. The maximum absolute atomic E-state index is 13.0. The van der Waals surface area contributed by atoms with E-state index in [-0.39, 0.29) is 29.0 Å². The molecule has 8 nitrogen and oxygen atoms in total. The van der Waals surface area contributed by atoms with Gasteiger partial charge < -0.3 is 20.5 Å². The Bertz CT molecular complexity index is 773. The Labute approximate surface area is 160 Å². The van der Waals surface area contributed by atoms with Gasteiger partial charge >= 0.3 is 0 Å². The number of ether oxygens (including phenoxy) is 2. The van der Waals surface area contributed by atoms with Crippen LogP contribution in [0, 0.1) is 5.92 Å². The summed E-state index contributed by atoms with van der Waals surface area (Å²) in [6.45, 7) is 1.78.